The molecule has 184 valence electrons. The summed E-state index contributed by atoms with van der Waals surface area (Å²) >= 11 is 0. The van der Waals surface area contributed by atoms with Gasteiger partial charge in [-0.1, -0.05) is 5.57 Å². The maximum atomic E-state index is 10.7. The molecule has 0 aliphatic rings. The fourth-order valence-corrected chi connectivity index (χ4v) is 1.77. The third-order valence-corrected chi connectivity index (χ3v) is 3.51. The van der Waals surface area contributed by atoms with Gasteiger partial charge in [0.1, 0.15) is 12.2 Å². The summed E-state index contributed by atoms with van der Waals surface area (Å²) in [6.07, 6.45) is -4.00. The van der Waals surface area contributed by atoms with Crippen LogP contribution in [0.2, 0.25) is 0 Å². The molecule has 0 aliphatic carbocycles. The molecule has 0 fully saturated rings. The molecule has 8 N–H and O–H groups in total. The second-order valence-electron chi connectivity index (χ2n) is 6.76. The number of primary amides is 2. The van der Waals surface area contributed by atoms with Crippen LogP contribution in [0.25, 0.3) is 0 Å². The van der Waals surface area contributed by atoms with Crippen LogP contribution in [0.4, 0.5) is 9.59 Å². The van der Waals surface area contributed by atoms with Gasteiger partial charge in [-0.25, -0.2) is 14.4 Å². The van der Waals surface area contributed by atoms with E-state index in [4.69, 9.17) is 31.9 Å². The predicted molar refractivity (Wildman–Crippen MR) is 112 cm³/mol. The second kappa shape index (κ2) is 19.5. The van der Waals surface area contributed by atoms with Gasteiger partial charge >= 0.3 is 18.2 Å². The van der Waals surface area contributed by atoms with Gasteiger partial charge in [-0.15, -0.1) is 0 Å². The molecule has 0 radical (unpaired) electrons. The van der Waals surface area contributed by atoms with Gasteiger partial charge in [0.2, 0.25) is 0 Å². The number of esters is 1. The average Bonchev–Trinajstić information content (AvgIpc) is 2.65. The molecule has 0 spiro atoms. The highest BCUT2D eigenvalue weighted by atomic mass is 16.6. The molecular weight excluding hydrogens is 416 g/mol. The van der Waals surface area contributed by atoms with Crippen LogP contribution in [-0.2, 0) is 19.0 Å². The first-order chi connectivity index (χ1) is 14.2. The molecule has 0 saturated heterocycles. The zero-order valence-corrected chi connectivity index (χ0v) is 19.0. The van der Waals surface area contributed by atoms with Gasteiger partial charge in [0.25, 0.3) is 0 Å². The minimum atomic E-state index is -0.873. The summed E-state index contributed by atoms with van der Waals surface area (Å²) in [6.45, 7) is 8.01. The number of amides is 2. The number of hydrogen-bond donors (Lipinski definition) is 6. The summed E-state index contributed by atoms with van der Waals surface area (Å²) in [4.78, 5) is 30.9. The van der Waals surface area contributed by atoms with Crippen molar-refractivity contribution in [3.8, 4) is 0 Å². The van der Waals surface area contributed by atoms with E-state index in [0.717, 1.165) is 5.57 Å². The normalized spacial score (nSPS) is 13.5. The minimum absolute atomic E-state index is 0.194. The van der Waals surface area contributed by atoms with Gasteiger partial charge < -0.3 is 46.1 Å². The average molecular weight is 455 g/mol. The van der Waals surface area contributed by atoms with Gasteiger partial charge in [0.05, 0.1) is 32.5 Å². The molecule has 0 aromatic carbocycles. The Balaban J connectivity index is -0.000000382. The highest BCUT2D eigenvalue weighted by Crippen LogP contribution is 2.03. The number of carbonyl (C=O) groups excluding carboxylic acids is 3. The van der Waals surface area contributed by atoms with Crippen molar-refractivity contribution in [1.82, 2.24) is 0 Å². The Morgan fingerprint density at radius 1 is 0.806 bits per heavy atom. The lowest BCUT2D eigenvalue weighted by molar-refractivity contribution is -0.136. The number of allylic oxidation sites excluding steroid dienone is 1. The maximum Gasteiger partial charge on any atom is 0.404 e. The van der Waals surface area contributed by atoms with Crippen LogP contribution in [0, 0.1) is 0 Å². The number of aliphatic hydroxyl groups is 4. The molecule has 4 unspecified atom stereocenters. The first kappa shape index (κ1) is 33.2. The van der Waals surface area contributed by atoms with Crippen LogP contribution in [0.3, 0.4) is 0 Å². The molecular formula is C19H38N2O10. The van der Waals surface area contributed by atoms with Gasteiger partial charge in [0, 0.05) is 18.4 Å². The Kier molecular flexibility index (Phi) is 21.0. The molecule has 31 heavy (non-hydrogen) atoms. The predicted octanol–water partition coefficient (Wildman–Crippen LogP) is -0.0573. The topological polar surface area (TPSA) is 212 Å². The lowest BCUT2D eigenvalue weighted by atomic mass is 10.2. The van der Waals surface area contributed by atoms with Crippen LogP contribution >= 0.6 is 0 Å². The van der Waals surface area contributed by atoms with Crippen molar-refractivity contribution in [2.75, 3.05) is 20.3 Å². The number of methoxy groups -OCH3 is 1. The Bertz CT molecular complexity index is 520. The maximum absolute atomic E-state index is 10.7. The zero-order valence-electron chi connectivity index (χ0n) is 19.0. The third kappa shape index (κ3) is 23.7. The highest BCUT2D eigenvalue weighted by Gasteiger charge is 2.12. The standard InChI is InChI=1S/C7H12O2.2C6H13NO4/c1-5(2)6(3)7(8)9-4;2*1-4(11-6(7)10)2-5(9)3-8/h1-4H3;2*4-5,8-9H,2-3H2,1H3,(H2,7,10). The second-order valence-corrected chi connectivity index (χ2v) is 6.76. The summed E-state index contributed by atoms with van der Waals surface area (Å²) in [5, 5.41) is 34.5. The molecule has 2 amide bonds. The van der Waals surface area contributed by atoms with E-state index in [1.807, 2.05) is 13.8 Å². The van der Waals surface area contributed by atoms with E-state index in [9.17, 15) is 14.4 Å². The van der Waals surface area contributed by atoms with Crippen LogP contribution in [-0.4, -0.2) is 83.3 Å². The summed E-state index contributed by atoms with van der Waals surface area (Å²) in [7, 11) is 1.38. The van der Waals surface area contributed by atoms with Crippen molar-refractivity contribution in [3.05, 3.63) is 11.1 Å². The SMILES string of the molecule is CC(CC(O)CO)OC(N)=O.CC(CC(O)CO)OC(N)=O.COC(=O)C(C)=C(C)C. The number of rotatable bonds is 9. The molecule has 0 rings (SSSR count). The van der Waals surface area contributed by atoms with Gasteiger partial charge in [0.15, 0.2) is 0 Å². The smallest absolute Gasteiger partial charge is 0.404 e. The van der Waals surface area contributed by atoms with Crippen molar-refractivity contribution in [2.24, 2.45) is 11.5 Å². The first-order valence-corrected chi connectivity index (χ1v) is 9.43. The minimum Gasteiger partial charge on any atom is -0.466 e. The number of carbonyl (C=O) groups is 3. The van der Waals surface area contributed by atoms with Crippen LogP contribution < -0.4 is 11.5 Å². The van der Waals surface area contributed by atoms with Crippen molar-refractivity contribution in [1.29, 1.82) is 0 Å². The molecule has 4 atom stereocenters. The van der Waals surface area contributed by atoms with E-state index < -0.39 is 36.6 Å². The highest BCUT2D eigenvalue weighted by molar-refractivity contribution is 5.88. The lowest BCUT2D eigenvalue weighted by Crippen LogP contribution is -2.25. The Labute approximate surface area is 182 Å². The molecule has 0 heterocycles. The molecule has 0 bridgehead atoms. The molecule has 12 nitrogen and oxygen atoms in total. The molecule has 0 saturated carbocycles. The van der Waals surface area contributed by atoms with E-state index in [1.165, 1.54) is 7.11 Å². The third-order valence-electron chi connectivity index (χ3n) is 3.51. The summed E-state index contributed by atoms with van der Waals surface area (Å²) < 4.78 is 13.5. The van der Waals surface area contributed by atoms with Gasteiger partial charge in [-0.05, 0) is 34.6 Å². The lowest BCUT2D eigenvalue weighted by Gasteiger charge is -2.13. The van der Waals surface area contributed by atoms with Crippen molar-refractivity contribution in [3.63, 3.8) is 0 Å². The Morgan fingerprint density at radius 2 is 1.13 bits per heavy atom. The van der Waals surface area contributed by atoms with E-state index in [2.05, 4.69) is 14.2 Å². The van der Waals surface area contributed by atoms with Crippen LogP contribution in [0.1, 0.15) is 47.5 Å². The van der Waals surface area contributed by atoms with E-state index in [-0.39, 0.29) is 32.0 Å². The number of ether oxygens (including phenoxy) is 3. The molecule has 0 aromatic heterocycles. The monoisotopic (exact) mass is 454 g/mol. The number of hydrogen-bond acceptors (Lipinski definition) is 10. The zero-order chi connectivity index (χ0) is 25.1. The van der Waals surface area contributed by atoms with E-state index >= 15 is 0 Å². The van der Waals surface area contributed by atoms with E-state index in [1.54, 1.807) is 20.8 Å². The quantitative estimate of drug-likeness (QED) is 0.155. The largest absolute Gasteiger partial charge is 0.466 e. The fraction of sp³-hybridized carbons (Fsp3) is 0.737. The van der Waals surface area contributed by atoms with Crippen molar-refractivity contribution < 1.29 is 49.0 Å². The van der Waals surface area contributed by atoms with Crippen molar-refractivity contribution in [2.45, 2.75) is 71.9 Å². The van der Waals surface area contributed by atoms with Crippen LogP contribution in [0.15, 0.2) is 11.1 Å². The summed E-state index contributed by atoms with van der Waals surface area (Å²) in [5.41, 5.74) is 11.1. The Morgan fingerprint density at radius 3 is 1.29 bits per heavy atom. The first-order valence-electron chi connectivity index (χ1n) is 9.43. The molecule has 12 heteroatoms. The van der Waals surface area contributed by atoms with Gasteiger partial charge in [-0.3, -0.25) is 0 Å². The summed E-state index contributed by atoms with van der Waals surface area (Å²) in [6, 6.07) is 0. The fourth-order valence-electron chi connectivity index (χ4n) is 1.77. The van der Waals surface area contributed by atoms with Crippen molar-refractivity contribution >= 4 is 18.2 Å². The van der Waals surface area contributed by atoms with Crippen LogP contribution in [0.5, 0.6) is 0 Å². The summed E-state index contributed by atoms with van der Waals surface area (Å²) in [5.74, 6) is -0.241. The number of aliphatic hydroxyl groups excluding tert-OH is 4. The van der Waals surface area contributed by atoms with E-state index in [0.29, 0.717) is 5.57 Å². The molecule has 0 aromatic rings. The molecule has 0 aliphatic heterocycles. The van der Waals surface area contributed by atoms with Gasteiger partial charge in [-0.2, -0.15) is 0 Å². The Hall–Kier alpha value is -2.41. The number of nitrogens with two attached hydrogens (primary N) is 2.